The molecule has 6 rings (SSSR count). The first kappa shape index (κ1) is 26.0. The Hall–Kier alpha value is -3.30. The summed E-state index contributed by atoms with van der Waals surface area (Å²) in [5, 5.41) is 1.32. The van der Waals surface area contributed by atoms with Gasteiger partial charge in [0.15, 0.2) is 16.7 Å². The number of carbonyl (C=O) groups excluding carboxylic acids is 1. The van der Waals surface area contributed by atoms with Gasteiger partial charge in [-0.3, -0.25) is 14.2 Å². The average molecular weight is 562 g/mol. The van der Waals surface area contributed by atoms with Crippen LogP contribution < -0.4 is 15.0 Å². The Labute approximate surface area is 235 Å². The van der Waals surface area contributed by atoms with Gasteiger partial charge in [0.05, 0.1) is 31.0 Å². The monoisotopic (exact) mass is 561 g/mol. The molecule has 202 valence electrons. The van der Waals surface area contributed by atoms with Crippen molar-refractivity contribution in [3.8, 4) is 17.2 Å². The molecule has 0 bridgehead atoms. The number of hydrogen-bond acceptors (Lipinski definition) is 7. The lowest BCUT2D eigenvalue weighted by Gasteiger charge is -2.29. The van der Waals surface area contributed by atoms with Gasteiger partial charge < -0.3 is 14.4 Å². The van der Waals surface area contributed by atoms with Gasteiger partial charge in [-0.15, -0.1) is 11.3 Å². The number of amides is 1. The fourth-order valence-corrected chi connectivity index (χ4v) is 7.80. The van der Waals surface area contributed by atoms with Gasteiger partial charge >= 0.3 is 0 Å². The van der Waals surface area contributed by atoms with Crippen molar-refractivity contribution in [1.82, 2.24) is 14.5 Å². The summed E-state index contributed by atoms with van der Waals surface area (Å²) in [5.41, 5.74) is 4.16. The quantitative estimate of drug-likeness (QED) is 0.178. The van der Waals surface area contributed by atoms with Crippen molar-refractivity contribution in [3.05, 3.63) is 74.4 Å². The number of fused-ring (bicyclic) bond motifs is 4. The molecule has 2 aliphatic rings. The minimum absolute atomic E-state index is 0.0244. The minimum atomic E-state index is -0.0338. The molecule has 0 N–H and O–H groups in total. The zero-order valence-corrected chi connectivity index (χ0v) is 23.8. The highest BCUT2D eigenvalue weighted by atomic mass is 32.2. The molecule has 4 aromatic rings. The number of thiophene rings is 1. The van der Waals surface area contributed by atoms with E-state index in [0.29, 0.717) is 29.7 Å². The Morgan fingerprint density at radius 3 is 2.51 bits per heavy atom. The first-order valence-corrected chi connectivity index (χ1v) is 15.1. The summed E-state index contributed by atoms with van der Waals surface area (Å²) >= 11 is 2.99. The predicted octanol–water partition coefficient (Wildman–Crippen LogP) is 5.41. The highest BCUT2D eigenvalue weighted by Gasteiger charge is 2.25. The second-order valence-electron chi connectivity index (χ2n) is 9.94. The molecule has 0 saturated carbocycles. The Bertz CT molecular complexity index is 1600. The van der Waals surface area contributed by atoms with E-state index >= 15 is 0 Å². The molecule has 39 heavy (non-hydrogen) atoms. The Kier molecular flexibility index (Phi) is 7.36. The number of rotatable bonds is 6. The smallest absolute Gasteiger partial charge is 0.267 e. The molecule has 1 amide bonds. The van der Waals surface area contributed by atoms with Crippen molar-refractivity contribution in [2.75, 3.05) is 26.5 Å². The van der Waals surface area contributed by atoms with Crippen molar-refractivity contribution < 1.29 is 14.3 Å². The zero-order valence-electron chi connectivity index (χ0n) is 22.2. The Morgan fingerprint density at radius 1 is 1.00 bits per heavy atom. The van der Waals surface area contributed by atoms with Crippen molar-refractivity contribution in [1.29, 1.82) is 0 Å². The SMILES string of the molecule is COc1cc2c(cc1OC)CN(C(=O)CSc1nc3sc4c(c3c(=O)n1-c1ccccc1)CCCCC4)CC2. The lowest BCUT2D eigenvalue weighted by atomic mass is 9.99. The highest BCUT2D eigenvalue weighted by Crippen LogP contribution is 2.36. The van der Waals surface area contributed by atoms with Crippen molar-refractivity contribution in [2.24, 2.45) is 0 Å². The van der Waals surface area contributed by atoms with Crippen LogP contribution in [-0.2, 0) is 30.6 Å². The fourth-order valence-electron chi connectivity index (χ4n) is 5.58. The van der Waals surface area contributed by atoms with Gasteiger partial charge in [-0.2, -0.15) is 0 Å². The maximum absolute atomic E-state index is 14.0. The lowest BCUT2D eigenvalue weighted by molar-refractivity contribution is -0.129. The molecule has 0 radical (unpaired) electrons. The number of methoxy groups -OCH3 is 2. The van der Waals surface area contributed by atoms with Crippen molar-refractivity contribution in [2.45, 2.75) is 50.2 Å². The maximum Gasteiger partial charge on any atom is 0.267 e. The summed E-state index contributed by atoms with van der Waals surface area (Å²) in [4.78, 5) is 36.3. The van der Waals surface area contributed by atoms with E-state index < -0.39 is 0 Å². The Balaban J connectivity index is 1.30. The largest absolute Gasteiger partial charge is 0.493 e. The molecule has 9 heteroatoms. The van der Waals surface area contributed by atoms with Crippen LogP contribution in [0.1, 0.15) is 40.8 Å². The molecular formula is C30H31N3O4S2. The molecule has 3 heterocycles. The molecule has 0 atom stereocenters. The third-order valence-electron chi connectivity index (χ3n) is 7.62. The van der Waals surface area contributed by atoms with E-state index in [1.807, 2.05) is 47.4 Å². The number of thioether (sulfide) groups is 1. The normalized spacial score (nSPS) is 15.0. The second-order valence-corrected chi connectivity index (χ2v) is 12.0. The van der Waals surface area contributed by atoms with Crippen molar-refractivity contribution >= 4 is 39.2 Å². The van der Waals surface area contributed by atoms with Crippen LogP contribution in [0.25, 0.3) is 15.9 Å². The van der Waals surface area contributed by atoms with Gasteiger partial charge in [-0.1, -0.05) is 36.4 Å². The molecule has 0 spiro atoms. The molecule has 2 aromatic carbocycles. The summed E-state index contributed by atoms with van der Waals surface area (Å²) in [6.45, 7) is 1.15. The number of carbonyl (C=O) groups is 1. The molecule has 0 fully saturated rings. The molecule has 7 nitrogen and oxygen atoms in total. The predicted molar refractivity (Wildman–Crippen MR) is 156 cm³/mol. The fraction of sp³-hybridized carbons (Fsp3) is 0.367. The number of aryl methyl sites for hydroxylation is 2. The summed E-state index contributed by atoms with van der Waals surface area (Å²) in [7, 11) is 3.25. The number of para-hydroxylation sites is 1. The zero-order chi connectivity index (χ0) is 26.9. The van der Waals surface area contributed by atoms with E-state index in [4.69, 9.17) is 14.5 Å². The second kappa shape index (κ2) is 11.1. The van der Waals surface area contributed by atoms with Gasteiger partial charge in [-0.25, -0.2) is 4.98 Å². The molecule has 1 aliphatic carbocycles. The van der Waals surface area contributed by atoms with E-state index in [-0.39, 0.29) is 17.2 Å². The van der Waals surface area contributed by atoms with Crippen LogP contribution >= 0.6 is 23.1 Å². The summed E-state index contributed by atoms with van der Waals surface area (Å²) in [6, 6.07) is 13.6. The minimum Gasteiger partial charge on any atom is -0.493 e. The summed E-state index contributed by atoms with van der Waals surface area (Å²) in [6.07, 6.45) is 6.15. The van der Waals surface area contributed by atoms with Crippen LogP contribution in [0.15, 0.2) is 52.4 Å². The summed E-state index contributed by atoms with van der Waals surface area (Å²) in [5.74, 6) is 1.60. The number of benzene rings is 2. The number of hydrogen-bond donors (Lipinski definition) is 0. The van der Waals surface area contributed by atoms with E-state index in [1.54, 1.807) is 30.1 Å². The molecule has 0 saturated heterocycles. The standard InChI is InChI=1S/C30H31N3O4S2/c1-36-23-15-19-13-14-32(17-20(19)16-24(23)37-2)26(34)18-38-30-31-28-27(22-11-7-4-8-12-25(22)39-28)29(35)33(30)21-9-5-3-6-10-21/h3,5-6,9-10,15-16H,4,7-8,11-14,17-18H2,1-2H3. The van der Waals surface area contributed by atoms with Gasteiger partial charge in [0.1, 0.15) is 4.83 Å². The van der Waals surface area contributed by atoms with Crippen LogP contribution in [0.3, 0.4) is 0 Å². The third kappa shape index (κ3) is 4.94. The Morgan fingerprint density at radius 2 is 1.74 bits per heavy atom. The van der Waals surface area contributed by atoms with Crippen LogP contribution in [-0.4, -0.2) is 46.9 Å². The molecule has 1 aliphatic heterocycles. The molecule has 2 aromatic heterocycles. The van der Waals surface area contributed by atoms with E-state index in [2.05, 4.69) is 0 Å². The number of aromatic nitrogens is 2. The van der Waals surface area contributed by atoms with Gasteiger partial charge in [0.2, 0.25) is 5.91 Å². The van der Waals surface area contributed by atoms with Gasteiger partial charge in [0.25, 0.3) is 5.56 Å². The first-order valence-electron chi connectivity index (χ1n) is 13.3. The lowest BCUT2D eigenvalue weighted by Crippen LogP contribution is -2.37. The van der Waals surface area contributed by atoms with Crippen LogP contribution in [0.2, 0.25) is 0 Å². The maximum atomic E-state index is 14.0. The van der Waals surface area contributed by atoms with Crippen LogP contribution in [0.5, 0.6) is 11.5 Å². The molecular weight excluding hydrogens is 530 g/mol. The van der Waals surface area contributed by atoms with E-state index in [9.17, 15) is 9.59 Å². The highest BCUT2D eigenvalue weighted by molar-refractivity contribution is 7.99. The third-order valence-corrected chi connectivity index (χ3v) is 9.73. The van der Waals surface area contributed by atoms with E-state index in [0.717, 1.165) is 53.6 Å². The average Bonchev–Trinajstić information content (AvgIpc) is 3.16. The van der Waals surface area contributed by atoms with E-state index in [1.165, 1.54) is 34.2 Å². The van der Waals surface area contributed by atoms with Crippen molar-refractivity contribution in [3.63, 3.8) is 0 Å². The number of ether oxygens (including phenoxy) is 2. The van der Waals surface area contributed by atoms with Crippen LogP contribution in [0, 0.1) is 0 Å². The topological polar surface area (TPSA) is 73.7 Å². The van der Waals surface area contributed by atoms with Gasteiger partial charge in [0, 0.05) is 18.0 Å². The van der Waals surface area contributed by atoms with Crippen LogP contribution in [0.4, 0.5) is 0 Å². The summed E-state index contributed by atoms with van der Waals surface area (Å²) < 4.78 is 12.6. The van der Waals surface area contributed by atoms with Gasteiger partial charge in [-0.05, 0) is 73.1 Å². The number of nitrogens with zero attached hydrogens (tertiary/aromatic N) is 3. The first-order chi connectivity index (χ1) is 19.1. The molecule has 0 unspecified atom stereocenters.